The summed E-state index contributed by atoms with van der Waals surface area (Å²) in [6.45, 7) is 2.54. The molecule has 4 rings (SSSR count). The number of anilines is 1. The first-order chi connectivity index (χ1) is 16.0. The number of carbonyl (C=O) groups is 2. The van der Waals surface area contributed by atoms with E-state index >= 15 is 0 Å². The van der Waals surface area contributed by atoms with Gasteiger partial charge in [-0.15, -0.1) is 0 Å². The maximum absolute atomic E-state index is 13.6. The summed E-state index contributed by atoms with van der Waals surface area (Å²) in [7, 11) is 0. The molecule has 0 spiro atoms. The molecule has 7 heteroatoms. The zero-order chi connectivity index (χ0) is 23.4. The zero-order valence-corrected chi connectivity index (χ0v) is 18.9. The van der Waals surface area contributed by atoms with Gasteiger partial charge in [0.05, 0.1) is 12.6 Å². The number of amides is 2. The fourth-order valence-corrected chi connectivity index (χ4v) is 4.05. The highest BCUT2D eigenvalue weighted by atomic mass is 35.5. The first kappa shape index (κ1) is 22.8. The van der Waals surface area contributed by atoms with Gasteiger partial charge in [-0.25, -0.2) is 4.39 Å². The van der Waals surface area contributed by atoms with Crippen molar-refractivity contribution in [2.24, 2.45) is 0 Å². The predicted octanol–water partition coefficient (Wildman–Crippen LogP) is 5.84. The molecule has 33 heavy (non-hydrogen) atoms. The van der Waals surface area contributed by atoms with Gasteiger partial charge in [0.1, 0.15) is 18.1 Å². The second-order valence-corrected chi connectivity index (χ2v) is 8.33. The van der Waals surface area contributed by atoms with Crippen molar-refractivity contribution in [1.82, 2.24) is 4.90 Å². The van der Waals surface area contributed by atoms with Gasteiger partial charge in [-0.2, -0.15) is 0 Å². The smallest absolute Gasteiger partial charge is 0.255 e. The molecule has 0 saturated carbocycles. The van der Waals surface area contributed by atoms with Gasteiger partial charge in [-0.3, -0.25) is 9.59 Å². The van der Waals surface area contributed by atoms with Crippen LogP contribution in [0.2, 0.25) is 5.02 Å². The molecule has 1 N–H and O–H groups in total. The van der Waals surface area contributed by atoms with Crippen molar-refractivity contribution >= 4 is 29.1 Å². The van der Waals surface area contributed by atoms with Crippen molar-refractivity contribution in [3.05, 3.63) is 94.3 Å². The van der Waals surface area contributed by atoms with E-state index in [2.05, 4.69) is 12.2 Å². The maximum atomic E-state index is 13.6. The van der Waals surface area contributed by atoms with Crippen molar-refractivity contribution in [2.45, 2.75) is 25.8 Å². The predicted molar refractivity (Wildman–Crippen MR) is 126 cm³/mol. The second kappa shape index (κ2) is 10.0. The third kappa shape index (κ3) is 5.17. The number of nitrogens with one attached hydrogen (secondary N) is 1. The highest BCUT2D eigenvalue weighted by molar-refractivity contribution is 6.30. The molecule has 1 heterocycles. The molecule has 0 bridgehead atoms. The van der Waals surface area contributed by atoms with Gasteiger partial charge < -0.3 is 15.0 Å². The molecule has 1 aliphatic rings. The van der Waals surface area contributed by atoms with Crippen molar-refractivity contribution in [3.63, 3.8) is 0 Å². The van der Waals surface area contributed by atoms with Gasteiger partial charge in [0, 0.05) is 21.8 Å². The number of halogens is 2. The topological polar surface area (TPSA) is 58.6 Å². The van der Waals surface area contributed by atoms with Crippen LogP contribution in [-0.2, 0) is 4.79 Å². The van der Waals surface area contributed by atoms with Crippen LogP contribution in [0, 0.1) is 5.82 Å². The molecule has 0 aliphatic carbocycles. The summed E-state index contributed by atoms with van der Waals surface area (Å²) < 4.78 is 19.3. The van der Waals surface area contributed by atoms with E-state index in [0.29, 0.717) is 39.8 Å². The van der Waals surface area contributed by atoms with Gasteiger partial charge in [0.25, 0.3) is 5.91 Å². The largest absolute Gasteiger partial charge is 0.494 e. The highest BCUT2D eigenvalue weighted by Crippen LogP contribution is 2.38. The van der Waals surface area contributed by atoms with E-state index in [-0.39, 0.29) is 24.2 Å². The Balaban J connectivity index is 1.73. The van der Waals surface area contributed by atoms with Gasteiger partial charge in [-0.05, 0) is 66.6 Å². The molecule has 0 radical (unpaired) electrons. The van der Waals surface area contributed by atoms with Gasteiger partial charge in [0.2, 0.25) is 5.91 Å². The molecule has 3 aromatic carbocycles. The molecule has 2 amide bonds. The van der Waals surface area contributed by atoms with Crippen LogP contribution in [0.3, 0.4) is 0 Å². The van der Waals surface area contributed by atoms with Crippen LogP contribution >= 0.6 is 11.6 Å². The Morgan fingerprint density at radius 3 is 2.55 bits per heavy atom. The number of hydrogen-bond donors (Lipinski definition) is 1. The Bertz CT molecular complexity index is 1150. The second-order valence-electron chi connectivity index (χ2n) is 7.89. The van der Waals surface area contributed by atoms with E-state index in [1.807, 2.05) is 0 Å². The van der Waals surface area contributed by atoms with Crippen molar-refractivity contribution in [1.29, 1.82) is 0 Å². The molecule has 0 fully saturated rings. The molecule has 170 valence electrons. The Morgan fingerprint density at radius 1 is 1.12 bits per heavy atom. The monoisotopic (exact) mass is 466 g/mol. The van der Waals surface area contributed by atoms with E-state index in [1.54, 1.807) is 54.6 Å². The highest BCUT2D eigenvalue weighted by Gasteiger charge is 2.34. The van der Waals surface area contributed by atoms with E-state index in [0.717, 1.165) is 12.8 Å². The van der Waals surface area contributed by atoms with E-state index < -0.39 is 6.04 Å². The standard InChI is InChI=1S/C26H24ClFN2O3/c1-2-3-14-33-21-11-6-18(7-12-21)26(32)30-16-24(31)29-23-13-8-19(27)15-22(23)25(30)17-4-9-20(28)10-5-17/h4-13,15,25H,2-3,14,16H2,1H3,(H,29,31)/t25-/m0/s1. The summed E-state index contributed by atoms with van der Waals surface area (Å²) in [4.78, 5) is 27.8. The summed E-state index contributed by atoms with van der Waals surface area (Å²) in [6.07, 6.45) is 1.98. The van der Waals surface area contributed by atoms with Crippen LogP contribution in [0.5, 0.6) is 5.75 Å². The number of hydrogen-bond acceptors (Lipinski definition) is 3. The molecule has 0 aromatic heterocycles. The summed E-state index contributed by atoms with van der Waals surface area (Å²) in [5, 5.41) is 3.32. The number of fused-ring (bicyclic) bond motifs is 1. The SMILES string of the molecule is CCCCOc1ccc(C(=O)N2CC(=O)Nc3ccc(Cl)cc3[C@@H]2c2ccc(F)cc2)cc1. The number of ether oxygens (including phenoxy) is 1. The Hall–Kier alpha value is -3.38. The van der Waals surface area contributed by atoms with Crippen LogP contribution in [0.1, 0.15) is 47.3 Å². The number of carbonyl (C=O) groups excluding carboxylic acids is 2. The van der Waals surface area contributed by atoms with Crippen molar-refractivity contribution in [2.75, 3.05) is 18.5 Å². The maximum Gasteiger partial charge on any atom is 0.255 e. The zero-order valence-electron chi connectivity index (χ0n) is 18.2. The fourth-order valence-electron chi connectivity index (χ4n) is 3.86. The van der Waals surface area contributed by atoms with Crippen molar-refractivity contribution < 1.29 is 18.7 Å². The molecule has 1 atom stereocenters. The van der Waals surface area contributed by atoms with E-state index in [9.17, 15) is 14.0 Å². The minimum Gasteiger partial charge on any atom is -0.494 e. The lowest BCUT2D eigenvalue weighted by Crippen LogP contribution is -2.39. The summed E-state index contributed by atoms with van der Waals surface area (Å²) in [5.41, 5.74) is 2.31. The van der Waals surface area contributed by atoms with Gasteiger partial charge >= 0.3 is 0 Å². The minimum atomic E-state index is -0.633. The molecule has 0 unspecified atom stereocenters. The van der Waals surface area contributed by atoms with Crippen LogP contribution < -0.4 is 10.1 Å². The average Bonchev–Trinajstić information content (AvgIpc) is 2.95. The van der Waals surface area contributed by atoms with E-state index in [4.69, 9.17) is 16.3 Å². The lowest BCUT2D eigenvalue weighted by atomic mass is 9.95. The number of benzene rings is 3. The Morgan fingerprint density at radius 2 is 1.85 bits per heavy atom. The lowest BCUT2D eigenvalue weighted by molar-refractivity contribution is -0.117. The molecule has 1 aliphatic heterocycles. The summed E-state index contributed by atoms with van der Waals surface area (Å²) >= 11 is 6.27. The van der Waals surface area contributed by atoms with Crippen LogP contribution in [0.25, 0.3) is 0 Å². The van der Waals surface area contributed by atoms with Crippen LogP contribution in [0.15, 0.2) is 66.7 Å². The molecular weight excluding hydrogens is 443 g/mol. The third-order valence-corrected chi connectivity index (χ3v) is 5.76. The van der Waals surface area contributed by atoms with E-state index in [1.165, 1.54) is 17.0 Å². The average molecular weight is 467 g/mol. The van der Waals surface area contributed by atoms with Crippen LogP contribution in [-0.4, -0.2) is 29.9 Å². The first-order valence-corrected chi connectivity index (χ1v) is 11.2. The number of rotatable bonds is 6. The van der Waals surface area contributed by atoms with Gasteiger partial charge in [0.15, 0.2) is 0 Å². The van der Waals surface area contributed by atoms with Gasteiger partial charge in [-0.1, -0.05) is 37.1 Å². The number of unbranched alkanes of at least 4 members (excludes halogenated alkanes) is 1. The quantitative estimate of drug-likeness (QED) is 0.464. The molecule has 5 nitrogen and oxygen atoms in total. The summed E-state index contributed by atoms with van der Waals surface area (Å²) in [6, 6.07) is 17.3. The lowest BCUT2D eigenvalue weighted by Gasteiger charge is -2.31. The molecule has 0 saturated heterocycles. The third-order valence-electron chi connectivity index (χ3n) is 5.52. The number of nitrogens with zero attached hydrogens (tertiary/aromatic N) is 1. The minimum absolute atomic E-state index is 0.165. The molecule has 3 aromatic rings. The van der Waals surface area contributed by atoms with Crippen molar-refractivity contribution in [3.8, 4) is 5.75 Å². The molecular formula is C26H24ClFN2O3. The normalized spacial score (nSPS) is 15.4. The Kier molecular flexibility index (Phi) is 6.94. The first-order valence-electron chi connectivity index (χ1n) is 10.8. The van der Waals surface area contributed by atoms with Crippen LogP contribution in [0.4, 0.5) is 10.1 Å². The fraction of sp³-hybridized carbons (Fsp3) is 0.231. The Labute approximate surface area is 197 Å². The summed E-state index contributed by atoms with van der Waals surface area (Å²) in [5.74, 6) is -0.353.